The molecule has 0 N–H and O–H groups in total. The largest absolute Gasteiger partial charge is 0.748 e. The maximum Gasteiger partial charge on any atom is 0.335 e. The van der Waals surface area contributed by atoms with Crippen LogP contribution in [-0.2, 0) is 92.9 Å². The van der Waals surface area contributed by atoms with E-state index < -0.39 is 70.0 Å². The number of carbonyl (C=O) groups excluding carboxylic acids is 3. The Morgan fingerprint density at radius 3 is 1.86 bits per heavy atom. The Labute approximate surface area is 460 Å². The summed E-state index contributed by atoms with van der Waals surface area (Å²) in [5.74, 6) is -2.65. The Bertz CT molecular complexity index is 2890. The van der Waals surface area contributed by atoms with E-state index >= 15 is 0 Å². The fraction of sp³-hybridized carbons (Fsp3) is 0.569. The summed E-state index contributed by atoms with van der Waals surface area (Å²) in [4.78, 5) is 41.2. The third kappa shape index (κ3) is 22.1. The van der Waals surface area contributed by atoms with Crippen molar-refractivity contribution in [3.05, 3.63) is 83.1 Å². The molecule has 28 heteroatoms. The van der Waals surface area contributed by atoms with Crippen LogP contribution < -0.4 is 14.8 Å². The quantitative estimate of drug-likeness (QED) is 0.0340. The zero-order valence-corrected chi connectivity index (χ0v) is 46.7. The molecule has 25 nitrogen and oxygen atoms in total. The van der Waals surface area contributed by atoms with Crippen molar-refractivity contribution in [1.29, 1.82) is 0 Å². The van der Waals surface area contributed by atoms with Gasteiger partial charge in [-0.2, -0.15) is 0 Å². The minimum atomic E-state index is -4.91. The van der Waals surface area contributed by atoms with E-state index in [-0.39, 0.29) is 111 Å². The van der Waals surface area contributed by atoms with Gasteiger partial charge in [0.05, 0.1) is 136 Å². The summed E-state index contributed by atoms with van der Waals surface area (Å²) < 4.78 is 158. The highest BCUT2D eigenvalue weighted by Crippen LogP contribution is 2.51. The minimum Gasteiger partial charge on any atom is -0.748 e. The average molecular weight is 1170 g/mol. The van der Waals surface area contributed by atoms with Gasteiger partial charge in [0, 0.05) is 72.9 Å². The molecule has 1 saturated heterocycles. The van der Waals surface area contributed by atoms with Gasteiger partial charge in [0.1, 0.15) is 29.0 Å². The molecule has 1 aromatic carbocycles. The number of anilines is 1. The third-order valence-corrected chi connectivity index (χ3v) is 14.8. The molecule has 1 aliphatic carbocycles. The fourth-order valence-corrected chi connectivity index (χ4v) is 10.0. The summed E-state index contributed by atoms with van der Waals surface area (Å²) in [5, 5.41) is 1.16. The van der Waals surface area contributed by atoms with Crippen molar-refractivity contribution >= 4 is 59.9 Å². The van der Waals surface area contributed by atoms with Crippen LogP contribution >= 0.6 is 0 Å². The maximum absolute atomic E-state index is 12.3. The summed E-state index contributed by atoms with van der Waals surface area (Å²) in [6, 6.07) is 11.2. The number of fused-ring (bicyclic) bond motifs is 2. The molecule has 4 aliphatic rings. The van der Waals surface area contributed by atoms with E-state index in [1.54, 1.807) is 38.3 Å². The van der Waals surface area contributed by atoms with Crippen molar-refractivity contribution in [3.63, 3.8) is 0 Å². The van der Waals surface area contributed by atoms with Crippen LogP contribution in [0.2, 0.25) is 0 Å². The van der Waals surface area contributed by atoms with Gasteiger partial charge in [-0.15, -0.1) is 5.06 Å². The minimum absolute atomic E-state index is 0.000531. The highest BCUT2D eigenvalue weighted by Gasteiger charge is 2.43. The molecule has 5 rings (SSSR count). The number of carbonyl (C=O) groups is 3. The first-order valence-corrected chi connectivity index (χ1v) is 30.1. The monoisotopic (exact) mass is 1170 g/mol. The standard InChI is InChI=1S/C51H71N3O22S3/c1-51(16-4-36-77(58,59)60)44-39-42(79(64,65)66)9-11-45(44)53(19-23-70-28-31-74-35-34-72-29-26-68-20-15-50(57)76-54-48(55)12-13-49(54)56)47(51)7-3-6-40-14-21-75-46-38-41(8-10-43(40)46)52(17-5-37-78(61,62)63)18-22-69-27-30-73-33-32-71-25-24-67-2/h3,6-11,14,21,38-39H,4-5,12-13,15-20,22-37H2,1-2H3,(H2-,58,59,60,61,62,63,64,65,66)/p-2. The van der Waals surface area contributed by atoms with Crippen molar-refractivity contribution in [2.45, 2.75) is 55.8 Å². The predicted molar refractivity (Wildman–Crippen MR) is 279 cm³/mol. The number of nitrogens with zero attached hydrogens (tertiary/aromatic N) is 3. The number of rotatable bonds is 39. The number of methoxy groups -OCH3 is 1. The van der Waals surface area contributed by atoms with Crippen LogP contribution in [0.25, 0.3) is 17.4 Å². The Hall–Kier alpha value is -5.05. The Kier molecular flexibility index (Phi) is 26.6. The predicted octanol–water partition coefficient (Wildman–Crippen LogP) is 1.76. The van der Waals surface area contributed by atoms with Crippen LogP contribution in [0, 0.1) is 0 Å². The molecule has 0 aromatic heterocycles. The summed E-state index contributed by atoms with van der Waals surface area (Å²) in [6.07, 6.45) is 6.78. The third-order valence-electron chi connectivity index (χ3n) is 12.4. The first-order valence-electron chi connectivity index (χ1n) is 25.5. The number of benzene rings is 2. The normalized spacial score (nSPS) is 17.0. The van der Waals surface area contributed by atoms with Crippen molar-refractivity contribution in [2.24, 2.45) is 0 Å². The van der Waals surface area contributed by atoms with E-state index in [0.29, 0.717) is 84.9 Å². The Balaban J connectivity index is 1.24. The van der Waals surface area contributed by atoms with E-state index in [1.165, 1.54) is 24.5 Å². The number of hydrogen-bond donors (Lipinski definition) is 0. The smallest absolute Gasteiger partial charge is 0.335 e. The SMILES string of the molecule is COCCOCCOCCOCC[N+](CCCS(=O)(=O)[O-])=c1ccc2c(/C=C/C=C3/N(CCOCCOCCOCCOCCC(=O)ON4C(=O)CCC4=O)c4ccc(S(=O)(=O)[O-])cc4C3(C)CCCS(=O)(=O)[O-])ccoc-2c1. The van der Waals surface area contributed by atoms with Crippen molar-refractivity contribution < 1.29 is 100 Å². The Morgan fingerprint density at radius 2 is 1.27 bits per heavy atom. The molecule has 3 aliphatic heterocycles. The number of imide groups is 1. The molecule has 0 radical (unpaired) electrons. The van der Waals surface area contributed by atoms with Crippen LogP contribution in [0.5, 0.6) is 0 Å². The van der Waals surface area contributed by atoms with E-state index in [4.69, 9.17) is 47.1 Å². The summed E-state index contributed by atoms with van der Waals surface area (Å²) in [5.41, 5.74) is 1.89. The van der Waals surface area contributed by atoms with Gasteiger partial charge in [-0.3, -0.25) is 9.59 Å². The van der Waals surface area contributed by atoms with E-state index in [9.17, 15) is 53.3 Å². The lowest BCUT2D eigenvalue weighted by Crippen LogP contribution is -2.35. The highest BCUT2D eigenvalue weighted by atomic mass is 32.2. The number of hydroxylamine groups is 2. The zero-order valence-electron chi connectivity index (χ0n) is 44.3. The molecule has 3 heterocycles. The second-order valence-corrected chi connectivity index (χ2v) is 22.6. The van der Waals surface area contributed by atoms with Crippen LogP contribution in [0.4, 0.5) is 5.69 Å². The van der Waals surface area contributed by atoms with E-state index in [1.807, 2.05) is 27.7 Å². The molecular weight excluding hydrogens is 1100 g/mol. The summed E-state index contributed by atoms with van der Waals surface area (Å²) >= 11 is 0. The molecule has 1 atom stereocenters. The molecule has 1 aromatic rings. The van der Waals surface area contributed by atoms with Gasteiger partial charge in [-0.25, -0.2) is 34.6 Å². The number of allylic oxidation sites excluding steroid dienone is 3. The molecule has 0 bridgehead atoms. The topological polar surface area (TPSA) is 329 Å². The van der Waals surface area contributed by atoms with Gasteiger partial charge in [0.2, 0.25) is 5.36 Å². The molecule has 440 valence electrons. The molecule has 1 fully saturated rings. The van der Waals surface area contributed by atoms with Gasteiger partial charge < -0.3 is 65.7 Å². The van der Waals surface area contributed by atoms with Gasteiger partial charge in [-0.1, -0.05) is 12.2 Å². The maximum atomic E-state index is 12.3. The average Bonchev–Trinajstić information content (AvgIpc) is 4.09. The zero-order chi connectivity index (χ0) is 57.3. The van der Waals surface area contributed by atoms with Gasteiger partial charge in [0.25, 0.3) is 11.8 Å². The second-order valence-electron chi connectivity index (χ2n) is 18.1. The van der Waals surface area contributed by atoms with Gasteiger partial charge in [0.15, 0.2) is 6.54 Å². The molecule has 2 amide bonds. The fourth-order valence-electron chi connectivity index (χ4n) is 8.54. The van der Waals surface area contributed by atoms with Crippen molar-refractivity contribution in [3.8, 4) is 11.3 Å². The summed E-state index contributed by atoms with van der Waals surface area (Å²) in [7, 11) is -12.4. The number of hydrogen-bond acceptors (Lipinski definition) is 23. The first-order chi connectivity index (χ1) is 37.7. The lowest BCUT2D eigenvalue weighted by Gasteiger charge is -2.30. The lowest BCUT2D eigenvalue weighted by atomic mass is 9.77. The van der Waals surface area contributed by atoms with Crippen LogP contribution in [0.1, 0.15) is 56.6 Å². The van der Waals surface area contributed by atoms with E-state index in [2.05, 4.69) is 0 Å². The van der Waals surface area contributed by atoms with Gasteiger partial charge in [-0.05, 0) is 67.3 Å². The van der Waals surface area contributed by atoms with Crippen LogP contribution in [0.15, 0.2) is 75.9 Å². The molecule has 0 saturated carbocycles. The Morgan fingerprint density at radius 1 is 0.696 bits per heavy atom. The summed E-state index contributed by atoms with van der Waals surface area (Å²) in [6.45, 7) is 6.64. The van der Waals surface area contributed by atoms with E-state index in [0.717, 1.165) is 5.56 Å². The van der Waals surface area contributed by atoms with Crippen molar-refractivity contribution in [2.75, 3.05) is 142 Å². The number of amides is 2. The molecular formula is C51H69N3O22S3-2. The number of ether oxygens (including phenoxy) is 8. The van der Waals surface area contributed by atoms with Gasteiger partial charge >= 0.3 is 5.97 Å². The van der Waals surface area contributed by atoms with Crippen LogP contribution in [-0.4, -0.2) is 199 Å². The lowest BCUT2D eigenvalue weighted by molar-refractivity contribution is -0.198. The second kappa shape index (κ2) is 32.4. The van der Waals surface area contributed by atoms with Crippen molar-refractivity contribution in [1.82, 2.24) is 9.64 Å². The molecule has 1 unspecified atom stereocenters. The highest BCUT2D eigenvalue weighted by molar-refractivity contribution is 7.86. The molecule has 0 spiro atoms. The molecule has 79 heavy (non-hydrogen) atoms. The van der Waals surface area contributed by atoms with Crippen LogP contribution in [0.3, 0.4) is 0 Å². The first kappa shape index (κ1) is 64.8.